The van der Waals surface area contributed by atoms with E-state index in [4.69, 9.17) is 4.42 Å². The van der Waals surface area contributed by atoms with E-state index >= 15 is 0 Å². The lowest BCUT2D eigenvalue weighted by Gasteiger charge is -2.22. The van der Waals surface area contributed by atoms with Crippen molar-refractivity contribution in [1.82, 2.24) is 15.6 Å². The van der Waals surface area contributed by atoms with Gasteiger partial charge in [-0.1, -0.05) is 0 Å². The first-order chi connectivity index (χ1) is 10.2. The van der Waals surface area contributed by atoms with Gasteiger partial charge in [0.25, 0.3) is 0 Å². The minimum Gasteiger partial charge on any atom is -0.469 e. The molecule has 2 amide bonds. The maximum Gasteiger partial charge on any atom is 0.315 e. The van der Waals surface area contributed by atoms with E-state index in [0.29, 0.717) is 6.54 Å². The highest BCUT2D eigenvalue weighted by molar-refractivity contribution is 7.09. The highest BCUT2D eigenvalue weighted by Gasteiger charge is 2.23. The molecule has 2 aromatic heterocycles. The number of nitrogens with zero attached hydrogens (tertiary/aromatic N) is 1. The zero-order valence-electron chi connectivity index (χ0n) is 12.0. The van der Waals surface area contributed by atoms with Crippen molar-refractivity contribution in [1.29, 1.82) is 0 Å². The van der Waals surface area contributed by atoms with Gasteiger partial charge in [0.1, 0.15) is 5.76 Å². The summed E-state index contributed by atoms with van der Waals surface area (Å²) in [6.45, 7) is 2.58. The minimum absolute atomic E-state index is 0.0639. The Bertz CT molecular complexity index is 620. The third kappa shape index (κ3) is 3.44. The second-order valence-electron chi connectivity index (χ2n) is 5.25. The van der Waals surface area contributed by atoms with Crippen LogP contribution < -0.4 is 10.6 Å². The lowest BCUT2D eigenvalue weighted by molar-refractivity contribution is 0.235. The van der Waals surface area contributed by atoms with Gasteiger partial charge in [-0.2, -0.15) is 0 Å². The molecule has 1 aliphatic carbocycles. The van der Waals surface area contributed by atoms with Crippen LogP contribution in [-0.2, 0) is 12.8 Å². The Morgan fingerprint density at radius 3 is 3.29 bits per heavy atom. The van der Waals surface area contributed by atoms with Crippen molar-refractivity contribution in [2.24, 2.45) is 0 Å². The zero-order valence-corrected chi connectivity index (χ0v) is 12.8. The molecule has 1 atom stereocenters. The summed E-state index contributed by atoms with van der Waals surface area (Å²) in [7, 11) is 0. The Kier molecular flexibility index (Phi) is 4.24. The Hall–Kier alpha value is -1.82. The van der Waals surface area contributed by atoms with Gasteiger partial charge < -0.3 is 15.1 Å². The summed E-state index contributed by atoms with van der Waals surface area (Å²) < 4.78 is 5.43. The molecule has 0 saturated carbocycles. The van der Waals surface area contributed by atoms with Crippen LogP contribution in [0.5, 0.6) is 0 Å². The lowest BCUT2D eigenvalue weighted by Crippen LogP contribution is -2.39. The number of carbonyl (C=O) groups is 1. The van der Waals surface area contributed by atoms with Crippen LogP contribution in [0, 0.1) is 6.92 Å². The van der Waals surface area contributed by atoms with Crippen molar-refractivity contribution in [3.8, 4) is 0 Å². The van der Waals surface area contributed by atoms with E-state index in [1.165, 1.54) is 0 Å². The van der Waals surface area contributed by atoms with E-state index in [1.54, 1.807) is 17.6 Å². The number of nitrogens with one attached hydrogen (secondary N) is 2. The number of aromatic nitrogens is 1. The van der Waals surface area contributed by atoms with E-state index in [-0.39, 0.29) is 12.1 Å². The summed E-state index contributed by atoms with van der Waals surface area (Å²) in [6.07, 6.45) is 5.44. The Morgan fingerprint density at radius 2 is 2.48 bits per heavy atom. The van der Waals surface area contributed by atoms with Gasteiger partial charge in [-0.25, -0.2) is 9.78 Å². The molecular weight excluding hydrogens is 286 g/mol. The fraction of sp³-hybridized carbons (Fsp3) is 0.467. The van der Waals surface area contributed by atoms with Crippen molar-refractivity contribution >= 4 is 17.4 Å². The molecule has 0 radical (unpaired) electrons. The smallest absolute Gasteiger partial charge is 0.315 e. The van der Waals surface area contributed by atoms with Crippen molar-refractivity contribution < 1.29 is 9.21 Å². The molecule has 3 rings (SSSR count). The SMILES string of the molecule is Cc1nc(CCNC(=O)NC2CCCc3occc32)cs1. The predicted molar refractivity (Wildman–Crippen MR) is 81.5 cm³/mol. The van der Waals surface area contributed by atoms with Gasteiger partial charge in [-0.05, 0) is 25.8 Å². The molecule has 2 heterocycles. The molecule has 0 bridgehead atoms. The van der Waals surface area contributed by atoms with Gasteiger partial charge in [-0.3, -0.25) is 0 Å². The van der Waals surface area contributed by atoms with Crippen molar-refractivity contribution in [3.63, 3.8) is 0 Å². The number of urea groups is 1. The number of carbonyl (C=O) groups excluding carboxylic acids is 1. The topological polar surface area (TPSA) is 67.2 Å². The van der Waals surface area contributed by atoms with Crippen LogP contribution in [0.3, 0.4) is 0 Å². The first-order valence-electron chi connectivity index (χ1n) is 7.24. The molecular formula is C15H19N3O2S. The van der Waals surface area contributed by atoms with Crippen LogP contribution in [0.1, 0.15) is 40.9 Å². The van der Waals surface area contributed by atoms with Crippen molar-refractivity contribution in [3.05, 3.63) is 39.7 Å². The van der Waals surface area contributed by atoms with Gasteiger partial charge in [0.15, 0.2) is 0 Å². The van der Waals surface area contributed by atoms with E-state index in [1.807, 2.05) is 18.4 Å². The van der Waals surface area contributed by atoms with Gasteiger partial charge in [0, 0.05) is 30.3 Å². The van der Waals surface area contributed by atoms with E-state index < -0.39 is 0 Å². The average Bonchev–Trinajstić information content (AvgIpc) is 3.08. The summed E-state index contributed by atoms with van der Waals surface area (Å²) in [4.78, 5) is 16.3. The number of fused-ring (bicyclic) bond motifs is 1. The zero-order chi connectivity index (χ0) is 14.7. The van der Waals surface area contributed by atoms with Crippen LogP contribution in [0.2, 0.25) is 0 Å². The normalized spacial score (nSPS) is 17.3. The van der Waals surface area contributed by atoms with Gasteiger partial charge in [0.2, 0.25) is 0 Å². The van der Waals surface area contributed by atoms with Crippen LogP contribution in [-0.4, -0.2) is 17.6 Å². The number of hydrogen-bond donors (Lipinski definition) is 2. The lowest BCUT2D eigenvalue weighted by atomic mass is 9.93. The molecule has 0 spiro atoms. The predicted octanol–water partition coefficient (Wildman–Crippen LogP) is 2.96. The van der Waals surface area contributed by atoms with Crippen LogP contribution in [0.25, 0.3) is 0 Å². The van der Waals surface area contributed by atoms with E-state index in [0.717, 1.165) is 47.7 Å². The van der Waals surface area contributed by atoms with Crippen molar-refractivity contribution in [2.75, 3.05) is 6.54 Å². The number of aryl methyl sites for hydroxylation is 2. The van der Waals surface area contributed by atoms with E-state index in [2.05, 4.69) is 15.6 Å². The average molecular weight is 305 g/mol. The van der Waals surface area contributed by atoms with Gasteiger partial charge in [0.05, 0.1) is 23.0 Å². The third-order valence-corrected chi connectivity index (χ3v) is 4.51. The molecule has 1 aliphatic rings. The molecule has 0 fully saturated rings. The number of rotatable bonds is 4. The fourth-order valence-corrected chi connectivity index (χ4v) is 3.32. The largest absolute Gasteiger partial charge is 0.469 e. The molecule has 0 saturated heterocycles. The first-order valence-corrected chi connectivity index (χ1v) is 8.12. The summed E-state index contributed by atoms with van der Waals surface area (Å²) in [6, 6.07) is 1.90. The Balaban J connectivity index is 1.47. The molecule has 6 heteroatoms. The summed E-state index contributed by atoms with van der Waals surface area (Å²) in [5.41, 5.74) is 2.15. The second kappa shape index (κ2) is 6.30. The standard InChI is InChI=1S/C15H19N3O2S/c1-10-17-11(9-21-10)5-7-16-15(19)18-13-3-2-4-14-12(13)6-8-20-14/h6,8-9,13H,2-5,7H2,1H3,(H2,16,18,19). The summed E-state index contributed by atoms with van der Waals surface area (Å²) >= 11 is 1.64. The summed E-state index contributed by atoms with van der Waals surface area (Å²) in [5, 5.41) is 9.01. The summed E-state index contributed by atoms with van der Waals surface area (Å²) in [5.74, 6) is 1.00. The van der Waals surface area contributed by atoms with Crippen molar-refractivity contribution in [2.45, 2.75) is 38.6 Å². The number of thiazole rings is 1. The monoisotopic (exact) mass is 305 g/mol. The maximum absolute atomic E-state index is 12.0. The minimum atomic E-state index is -0.124. The molecule has 0 aliphatic heterocycles. The third-order valence-electron chi connectivity index (χ3n) is 3.69. The Morgan fingerprint density at radius 1 is 1.57 bits per heavy atom. The van der Waals surface area contributed by atoms with Crippen LogP contribution >= 0.6 is 11.3 Å². The van der Waals surface area contributed by atoms with Gasteiger partial charge in [-0.15, -0.1) is 11.3 Å². The number of furan rings is 1. The highest BCUT2D eigenvalue weighted by atomic mass is 32.1. The van der Waals surface area contributed by atoms with Crippen LogP contribution in [0.15, 0.2) is 22.1 Å². The molecule has 2 N–H and O–H groups in total. The number of amides is 2. The van der Waals surface area contributed by atoms with Gasteiger partial charge >= 0.3 is 6.03 Å². The molecule has 21 heavy (non-hydrogen) atoms. The second-order valence-corrected chi connectivity index (χ2v) is 6.31. The molecule has 112 valence electrons. The molecule has 1 unspecified atom stereocenters. The quantitative estimate of drug-likeness (QED) is 0.912. The molecule has 5 nitrogen and oxygen atoms in total. The first kappa shape index (κ1) is 14.1. The fourth-order valence-electron chi connectivity index (χ4n) is 2.67. The van der Waals surface area contributed by atoms with Crippen LogP contribution in [0.4, 0.5) is 4.79 Å². The molecule has 0 aromatic carbocycles. The maximum atomic E-state index is 12.0. The Labute approximate surface area is 127 Å². The number of hydrogen-bond acceptors (Lipinski definition) is 4. The molecule has 2 aromatic rings. The van der Waals surface area contributed by atoms with E-state index in [9.17, 15) is 4.79 Å². The highest BCUT2D eigenvalue weighted by Crippen LogP contribution is 2.30.